The van der Waals surface area contributed by atoms with Crippen LogP contribution in [-0.2, 0) is 21.4 Å². The van der Waals surface area contributed by atoms with Crippen LogP contribution in [0.15, 0.2) is 60.8 Å². The molecule has 2 fully saturated rings. The van der Waals surface area contributed by atoms with Crippen LogP contribution in [0, 0.1) is 5.92 Å². The number of hydrogen-bond donors (Lipinski definition) is 0. The van der Waals surface area contributed by atoms with Crippen molar-refractivity contribution < 1.29 is 14.3 Å². The number of para-hydroxylation sites is 1. The summed E-state index contributed by atoms with van der Waals surface area (Å²) in [5, 5.41) is 1.18. The van der Waals surface area contributed by atoms with Gasteiger partial charge in [0.1, 0.15) is 5.75 Å². The number of benzene rings is 2. The number of aromatic nitrogens is 1. The number of carbonyl (C=O) groups is 1. The lowest BCUT2D eigenvalue weighted by atomic mass is 9.73. The largest absolute Gasteiger partial charge is 0.497 e. The summed E-state index contributed by atoms with van der Waals surface area (Å²) in [5.41, 5.74) is 2.94. The molecule has 5 rings (SSSR count). The van der Waals surface area contributed by atoms with Gasteiger partial charge < -0.3 is 14.4 Å². The van der Waals surface area contributed by atoms with E-state index in [0.717, 1.165) is 55.6 Å². The van der Waals surface area contributed by atoms with Gasteiger partial charge in [-0.25, -0.2) is 0 Å². The zero-order valence-electron chi connectivity index (χ0n) is 18.6. The highest BCUT2D eigenvalue weighted by Gasteiger charge is 2.45. The first-order valence-electron chi connectivity index (χ1n) is 11.5. The maximum absolute atomic E-state index is 13.9. The summed E-state index contributed by atoms with van der Waals surface area (Å²) in [6, 6.07) is 18.5. The van der Waals surface area contributed by atoms with E-state index in [0.29, 0.717) is 19.1 Å². The van der Waals surface area contributed by atoms with Crippen molar-refractivity contribution in [1.82, 2.24) is 9.88 Å². The Balaban J connectivity index is 1.35. The van der Waals surface area contributed by atoms with E-state index in [2.05, 4.69) is 46.3 Å². The number of methoxy groups -OCH3 is 1. The summed E-state index contributed by atoms with van der Waals surface area (Å²) in [7, 11) is 1.67. The van der Waals surface area contributed by atoms with Crippen molar-refractivity contribution in [3.8, 4) is 5.75 Å². The van der Waals surface area contributed by atoms with Gasteiger partial charge in [-0.3, -0.25) is 9.78 Å². The van der Waals surface area contributed by atoms with Crippen LogP contribution >= 0.6 is 0 Å². The van der Waals surface area contributed by atoms with Crippen LogP contribution in [-0.4, -0.2) is 49.2 Å². The van der Waals surface area contributed by atoms with Gasteiger partial charge in [0.25, 0.3) is 0 Å². The lowest BCUT2D eigenvalue weighted by molar-refractivity contribution is -0.140. The predicted molar refractivity (Wildman–Crippen MR) is 125 cm³/mol. The van der Waals surface area contributed by atoms with Crippen LogP contribution < -0.4 is 4.74 Å². The first-order chi connectivity index (χ1) is 15.7. The van der Waals surface area contributed by atoms with E-state index in [-0.39, 0.29) is 5.91 Å². The molecular formula is C27H30N2O3. The fraction of sp³-hybridized carbons (Fsp3) is 0.407. The van der Waals surface area contributed by atoms with Crippen LogP contribution in [0.5, 0.6) is 5.75 Å². The fourth-order valence-corrected chi connectivity index (χ4v) is 5.39. The van der Waals surface area contributed by atoms with Crippen LogP contribution in [0.2, 0.25) is 0 Å². The van der Waals surface area contributed by atoms with Gasteiger partial charge in [0, 0.05) is 37.9 Å². The predicted octanol–water partition coefficient (Wildman–Crippen LogP) is 4.38. The number of carbonyl (C=O) groups excluding carboxylic acids is 1. The molecule has 0 N–H and O–H groups in total. The average molecular weight is 431 g/mol. The van der Waals surface area contributed by atoms with E-state index in [9.17, 15) is 4.79 Å². The fourth-order valence-electron chi connectivity index (χ4n) is 5.39. The molecule has 3 aromatic rings. The maximum Gasteiger partial charge on any atom is 0.233 e. The first-order valence-corrected chi connectivity index (χ1v) is 11.5. The molecule has 1 atom stereocenters. The second-order valence-electron chi connectivity index (χ2n) is 9.03. The number of rotatable bonds is 5. The summed E-state index contributed by atoms with van der Waals surface area (Å²) in [5.74, 6) is 1.53. The molecule has 0 radical (unpaired) electrons. The molecule has 1 amide bonds. The Kier molecular flexibility index (Phi) is 5.83. The Labute approximate surface area is 189 Å². The Morgan fingerprint density at radius 3 is 2.69 bits per heavy atom. The van der Waals surface area contributed by atoms with Crippen molar-refractivity contribution >= 4 is 16.8 Å². The molecule has 2 aromatic carbocycles. The number of nitrogens with zero attached hydrogens (tertiary/aromatic N) is 2. The maximum atomic E-state index is 13.9. The monoisotopic (exact) mass is 430 g/mol. The highest BCUT2D eigenvalue weighted by molar-refractivity contribution is 5.89. The number of amides is 1. The van der Waals surface area contributed by atoms with E-state index in [4.69, 9.17) is 9.47 Å². The number of pyridine rings is 1. The molecule has 3 heterocycles. The van der Waals surface area contributed by atoms with Gasteiger partial charge in [-0.1, -0.05) is 36.4 Å². The second kappa shape index (κ2) is 8.91. The quantitative estimate of drug-likeness (QED) is 0.603. The third-order valence-corrected chi connectivity index (χ3v) is 7.20. The van der Waals surface area contributed by atoms with E-state index < -0.39 is 5.41 Å². The Hall–Kier alpha value is -2.92. The van der Waals surface area contributed by atoms with Gasteiger partial charge >= 0.3 is 0 Å². The van der Waals surface area contributed by atoms with Crippen molar-refractivity contribution in [3.63, 3.8) is 0 Å². The third kappa shape index (κ3) is 3.86. The molecule has 5 nitrogen and oxygen atoms in total. The van der Waals surface area contributed by atoms with Crippen molar-refractivity contribution in [2.75, 3.05) is 33.4 Å². The molecular weight excluding hydrogens is 400 g/mol. The summed E-state index contributed by atoms with van der Waals surface area (Å²) in [6.07, 6.45) is 5.31. The molecule has 2 aliphatic rings. The molecule has 166 valence electrons. The van der Waals surface area contributed by atoms with Crippen molar-refractivity contribution in [2.45, 2.75) is 31.1 Å². The van der Waals surface area contributed by atoms with Gasteiger partial charge in [-0.05, 0) is 60.9 Å². The average Bonchev–Trinajstić information content (AvgIpc) is 3.33. The number of likely N-dealkylation sites (tertiary alicyclic amines) is 1. The van der Waals surface area contributed by atoms with E-state index in [1.54, 1.807) is 7.11 Å². The first kappa shape index (κ1) is 21.0. The van der Waals surface area contributed by atoms with Gasteiger partial charge in [0.15, 0.2) is 0 Å². The highest BCUT2D eigenvalue weighted by Crippen LogP contribution is 2.39. The zero-order chi connectivity index (χ0) is 22.0. The summed E-state index contributed by atoms with van der Waals surface area (Å²) in [6.45, 7) is 2.87. The molecule has 1 aromatic heterocycles. The minimum Gasteiger partial charge on any atom is -0.497 e. The zero-order valence-corrected chi connectivity index (χ0v) is 18.6. The van der Waals surface area contributed by atoms with E-state index in [1.807, 2.05) is 24.4 Å². The van der Waals surface area contributed by atoms with Gasteiger partial charge in [0.05, 0.1) is 18.0 Å². The molecule has 0 saturated carbocycles. The summed E-state index contributed by atoms with van der Waals surface area (Å²) in [4.78, 5) is 20.6. The van der Waals surface area contributed by atoms with Crippen molar-refractivity contribution in [3.05, 3.63) is 71.9 Å². The van der Waals surface area contributed by atoms with Crippen LogP contribution in [0.1, 0.15) is 30.4 Å². The third-order valence-electron chi connectivity index (χ3n) is 7.20. The van der Waals surface area contributed by atoms with Crippen LogP contribution in [0.25, 0.3) is 10.9 Å². The summed E-state index contributed by atoms with van der Waals surface area (Å²) >= 11 is 0. The minimum atomic E-state index is -0.500. The van der Waals surface area contributed by atoms with Crippen molar-refractivity contribution in [2.24, 2.45) is 5.92 Å². The van der Waals surface area contributed by atoms with Gasteiger partial charge in [-0.15, -0.1) is 0 Å². The molecule has 1 unspecified atom stereocenters. The SMILES string of the molecule is COc1ccc(C2(C(=O)N3CCC(Cc4cccc5cccnc45)C3)CCOCC2)cc1. The highest BCUT2D eigenvalue weighted by atomic mass is 16.5. The number of hydrogen-bond acceptors (Lipinski definition) is 4. The Morgan fingerprint density at radius 1 is 1.12 bits per heavy atom. The van der Waals surface area contributed by atoms with Crippen LogP contribution in [0.4, 0.5) is 0 Å². The van der Waals surface area contributed by atoms with Gasteiger partial charge in [-0.2, -0.15) is 0 Å². The Bertz CT molecular complexity index is 1080. The molecule has 2 saturated heterocycles. The summed E-state index contributed by atoms with van der Waals surface area (Å²) < 4.78 is 11.0. The van der Waals surface area contributed by atoms with Crippen LogP contribution in [0.3, 0.4) is 0 Å². The molecule has 2 aliphatic heterocycles. The van der Waals surface area contributed by atoms with Crippen molar-refractivity contribution in [1.29, 1.82) is 0 Å². The lowest BCUT2D eigenvalue weighted by Crippen LogP contribution is -2.49. The topological polar surface area (TPSA) is 51.7 Å². The normalized spacial score (nSPS) is 20.4. The lowest BCUT2D eigenvalue weighted by Gasteiger charge is -2.39. The number of fused-ring (bicyclic) bond motifs is 1. The number of ether oxygens (including phenoxy) is 2. The van der Waals surface area contributed by atoms with Gasteiger partial charge in [0.2, 0.25) is 5.91 Å². The molecule has 0 spiro atoms. The van der Waals surface area contributed by atoms with E-state index >= 15 is 0 Å². The minimum absolute atomic E-state index is 0.254. The smallest absolute Gasteiger partial charge is 0.233 e. The Morgan fingerprint density at radius 2 is 1.91 bits per heavy atom. The standard InChI is InChI=1S/C27H30N2O3/c1-31-24-9-7-23(8-10-24)27(12-16-32-17-13-27)26(30)29-15-11-20(19-29)18-22-5-2-4-21-6-3-14-28-25(21)22/h2-10,14,20H,11-13,15-19H2,1H3. The molecule has 0 bridgehead atoms. The molecule has 5 heteroatoms. The molecule has 0 aliphatic carbocycles. The second-order valence-corrected chi connectivity index (χ2v) is 9.03. The molecule has 32 heavy (non-hydrogen) atoms. The van der Waals surface area contributed by atoms with E-state index in [1.165, 1.54) is 10.9 Å².